The van der Waals surface area contributed by atoms with Crippen LogP contribution in [0, 0.1) is 5.92 Å². The van der Waals surface area contributed by atoms with Gasteiger partial charge in [0.1, 0.15) is 0 Å². The number of ketones is 1. The molecule has 0 aromatic carbocycles. The first-order valence-corrected chi connectivity index (χ1v) is 10.3. The first-order chi connectivity index (χ1) is 9.27. The molecule has 0 unspecified atom stereocenters. The van der Waals surface area contributed by atoms with Gasteiger partial charge in [-0.3, -0.25) is 4.79 Å². The summed E-state index contributed by atoms with van der Waals surface area (Å²) in [6.45, 7) is 14.0. The molecule has 0 aromatic rings. The van der Waals surface area contributed by atoms with E-state index >= 15 is 0 Å². The van der Waals surface area contributed by atoms with Crippen molar-refractivity contribution in [2.24, 2.45) is 5.92 Å². The van der Waals surface area contributed by atoms with Gasteiger partial charge in [0.25, 0.3) is 0 Å². The maximum atomic E-state index is 11.5. The van der Waals surface area contributed by atoms with Gasteiger partial charge < -0.3 is 4.43 Å². The van der Waals surface area contributed by atoms with Crippen molar-refractivity contribution in [2.45, 2.75) is 83.5 Å². The van der Waals surface area contributed by atoms with Crippen LogP contribution in [-0.4, -0.2) is 20.2 Å². The molecule has 20 heavy (non-hydrogen) atoms. The van der Waals surface area contributed by atoms with E-state index in [1.54, 1.807) is 0 Å². The lowest BCUT2D eigenvalue weighted by Gasteiger charge is -2.44. The molecule has 0 radical (unpaired) electrons. The lowest BCUT2D eigenvalue weighted by Crippen LogP contribution is -2.49. The Morgan fingerprint density at radius 2 is 1.60 bits per heavy atom. The summed E-state index contributed by atoms with van der Waals surface area (Å²) in [6.07, 6.45) is 5.04. The molecular weight excluding hydrogens is 264 g/mol. The quantitative estimate of drug-likeness (QED) is 0.677. The van der Waals surface area contributed by atoms with Crippen molar-refractivity contribution < 1.29 is 9.22 Å². The van der Waals surface area contributed by atoms with Crippen LogP contribution in [0.2, 0.25) is 16.6 Å². The molecule has 3 heteroatoms. The summed E-state index contributed by atoms with van der Waals surface area (Å²) < 4.78 is 6.84. The summed E-state index contributed by atoms with van der Waals surface area (Å²) in [4.78, 5) is 11.5. The van der Waals surface area contributed by atoms with Gasteiger partial charge in [0, 0.05) is 12.5 Å². The summed E-state index contributed by atoms with van der Waals surface area (Å²) >= 11 is 0. The Morgan fingerprint density at radius 1 is 1.05 bits per heavy atom. The van der Waals surface area contributed by atoms with E-state index in [4.69, 9.17) is 4.43 Å². The number of carbonyl (C=O) groups excluding carboxylic acids is 1. The van der Waals surface area contributed by atoms with Crippen LogP contribution >= 0.6 is 0 Å². The molecule has 1 fully saturated rings. The molecule has 1 saturated carbocycles. The molecule has 0 spiro atoms. The van der Waals surface area contributed by atoms with E-state index in [9.17, 15) is 4.79 Å². The zero-order valence-electron chi connectivity index (χ0n) is 13.9. The maximum absolute atomic E-state index is 11.5. The van der Waals surface area contributed by atoms with Crippen LogP contribution in [0.5, 0.6) is 0 Å². The largest absolute Gasteiger partial charge is 0.413 e. The van der Waals surface area contributed by atoms with Crippen molar-refractivity contribution in [3.8, 4) is 0 Å². The Morgan fingerprint density at radius 3 is 2.05 bits per heavy atom. The third-order valence-corrected chi connectivity index (χ3v) is 11.6. The van der Waals surface area contributed by atoms with Crippen LogP contribution in [0.3, 0.4) is 0 Å². The van der Waals surface area contributed by atoms with E-state index in [1.165, 1.54) is 5.57 Å². The van der Waals surface area contributed by atoms with Crippen molar-refractivity contribution in [1.29, 1.82) is 0 Å². The van der Waals surface area contributed by atoms with Crippen molar-refractivity contribution in [3.63, 3.8) is 0 Å². The van der Waals surface area contributed by atoms with E-state index < -0.39 is 8.32 Å². The number of hydrogen-bond acceptors (Lipinski definition) is 2. The molecule has 2 atom stereocenters. The molecule has 2 aliphatic rings. The SMILES string of the molecule is CC(C)[Si](O[C@H]1CC2=CC(=O)C[C@H]2C1)(C(C)C)C(C)C. The van der Waals surface area contributed by atoms with Crippen LogP contribution in [0.15, 0.2) is 11.6 Å². The monoisotopic (exact) mass is 294 g/mol. The molecule has 0 N–H and O–H groups in total. The minimum atomic E-state index is -1.77. The topological polar surface area (TPSA) is 26.3 Å². The molecule has 0 amide bonds. The summed E-state index contributed by atoms with van der Waals surface area (Å²) in [5, 5.41) is 0. The normalized spacial score (nSPS) is 26.9. The van der Waals surface area contributed by atoms with Gasteiger partial charge in [-0.05, 0) is 41.5 Å². The Balaban J connectivity index is 2.14. The summed E-state index contributed by atoms with van der Waals surface area (Å²) in [6, 6.07) is 0. The second-order valence-electron chi connectivity index (χ2n) is 7.58. The van der Waals surface area contributed by atoms with Gasteiger partial charge in [-0.1, -0.05) is 47.1 Å². The van der Waals surface area contributed by atoms with Crippen molar-refractivity contribution >= 4 is 14.1 Å². The van der Waals surface area contributed by atoms with Crippen LogP contribution in [0.4, 0.5) is 0 Å². The zero-order chi connectivity index (χ0) is 15.1. The molecular formula is C17H30O2Si. The van der Waals surface area contributed by atoms with Crippen LogP contribution < -0.4 is 0 Å². The fourth-order valence-corrected chi connectivity index (χ4v) is 10.2. The lowest BCUT2D eigenvalue weighted by molar-refractivity contribution is -0.114. The van der Waals surface area contributed by atoms with Crippen LogP contribution in [0.1, 0.15) is 60.8 Å². The van der Waals surface area contributed by atoms with Crippen molar-refractivity contribution in [3.05, 3.63) is 11.6 Å². The second-order valence-corrected chi connectivity index (χ2v) is 13.0. The predicted molar refractivity (Wildman–Crippen MR) is 86.4 cm³/mol. The lowest BCUT2D eigenvalue weighted by atomic mass is 10.1. The fourth-order valence-electron chi connectivity index (χ4n) is 4.67. The van der Waals surface area contributed by atoms with E-state index in [0.29, 0.717) is 34.4 Å². The van der Waals surface area contributed by atoms with E-state index in [1.807, 2.05) is 6.08 Å². The van der Waals surface area contributed by atoms with E-state index in [0.717, 1.165) is 19.3 Å². The smallest absolute Gasteiger partial charge is 0.200 e. The number of carbonyl (C=O) groups is 1. The first-order valence-electron chi connectivity index (χ1n) is 8.18. The van der Waals surface area contributed by atoms with Crippen molar-refractivity contribution in [2.75, 3.05) is 0 Å². The third kappa shape index (κ3) is 2.67. The minimum absolute atomic E-state index is 0.323. The Hall–Kier alpha value is -0.413. The average Bonchev–Trinajstić information content (AvgIpc) is 2.80. The van der Waals surface area contributed by atoms with Crippen LogP contribution in [-0.2, 0) is 9.22 Å². The fraction of sp³-hybridized carbons (Fsp3) is 0.824. The average molecular weight is 295 g/mol. The van der Waals surface area contributed by atoms with Crippen molar-refractivity contribution in [1.82, 2.24) is 0 Å². The zero-order valence-corrected chi connectivity index (χ0v) is 14.9. The molecule has 2 rings (SSSR count). The standard InChI is InChI=1S/C17H30O2Si/c1-11(2)20(12(3)4,13(5)6)19-17-9-14-7-16(18)8-15(14)10-17/h7,11-13,15,17H,8-10H2,1-6H3/t15-,17-/m0/s1. The molecule has 0 heterocycles. The van der Waals surface area contributed by atoms with Gasteiger partial charge in [0.15, 0.2) is 5.78 Å². The number of fused-ring (bicyclic) bond motifs is 1. The number of hydrogen-bond donors (Lipinski definition) is 0. The van der Waals surface area contributed by atoms with Gasteiger partial charge in [-0.15, -0.1) is 0 Å². The highest BCUT2D eigenvalue weighted by atomic mass is 28.4. The predicted octanol–water partition coefficient (Wildman–Crippen LogP) is 4.86. The van der Waals surface area contributed by atoms with Gasteiger partial charge in [0.2, 0.25) is 8.32 Å². The summed E-state index contributed by atoms with van der Waals surface area (Å²) in [5.41, 5.74) is 3.27. The first kappa shape index (κ1) is 16.0. The summed E-state index contributed by atoms with van der Waals surface area (Å²) in [7, 11) is -1.77. The third-order valence-electron chi connectivity index (χ3n) is 5.41. The maximum Gasteiger partial charge on any atom is 0.200 e. The van der Waals surface area contributed by atoms with E-state index in [-0.39, 0.29) is 0 Å². The molecule has 0 aliphatic heterocycles. The number of rotatable bonds is 5. The number of allylic oxidation sites excluding steroid dienone is 1. The molecule has 2 nitrogen and oxygen atoms in total. The summed E-state index contributed by atoms with van der Waals surface area (Å²) in [5.74, 6) is 0.814. The minimum Gasteiger partial charge on any atom is -0.413 e. The highest BCUT2D eigenvalue weighted by molar-refractivity contribution is 6.77. The highest BCUT2D eigenvalue weighted by Crippen LogP contribution is 2.47. The molecule has 0 saturated heterocycles. The van der Waals surface area contributed by atoms with Gasteiger partial charge in [0.05, 0.1) is 0 Å². The van der Waals surface area contributed by atoms with Gasteiger partial charge in [-0.25, -0.2) is 0 Å². The highest BCUT2D eigenvalue weighted by Gasteiger charge is 2.48. The Bertz CT molecular complexity index is 387. The molecule has 0 bridgehead atoms. The molecule has 114 valence electrons. The molecule has 0 aromatic heterocycles. The molecule has 2 aliphatic carbocycles. The van der Waals surface area contributed by atoms with Gasteiger partial charge >= 0.3 is 0 Å². The Kier molecular flexibility index (Phi) is 4.60. The van der Waals surface area contributed by atoms with Gasteiger partial charge in [-0.2, -0.15) is 0 Å². The van der Waals surface area contributed by atoms with E-state index in [2.05, 4.69) is 41.5 Å². The Labute approximate surface area is 125 Å². The second kappa shape index (κ2) is 5.76. The van der Waals surface area contributed by atoms with Crippen LogP contribution in [0.25, 0.3) is 0 Å².